The first-order valence-corrected chi connectivity index (χ1v) is 6.92. The second kappa shape index (κ2) is 4.15. The van der Waals surface area contributed by atoms with E-state index < -0.39 is 0 Å². The summed E-state index contributed by atoms with van der Waals surface area (Å²) in [5, 5.41) is 7.32. The molecule has 0 bridgehead atoms. The molecule has 0 aromatic carbocycles. The number of fused-ring (bicyclic) bond motifs is 1. The van der Waals surface area contributed by atoms with Gasteiger partial charge in [0.15, 0.2) is 5.13 Å². The van der Waals surface area contributed by atoms with Crippen molar-refractivity contribution in [3.8, 4) is 0 Å². The molecule has 17 heavy (non-hydrogen) atoms. The van der Waals surface area contributed by atoms with E-state index in [-0.39, 0.29) is 5.91 Å². The van der Waals surface area contributed by atoms with Crippen LogP contribution in [0.5, 0.6) is 0 Å². The summed E-state index contributed by atoms with van der Waals surface area (Å²) < 4.78 is 3.75. The molecule has 0 saturated heterocycles. The molecule has 2 heterocycles. The quantitative estimate of drug-likeness (QED) is 0.903. The molecule has 1 amide bonds. The van der Waals surface area contributed by atoms with Crippen molar-refractivity contribution < 1.29 is 4.79 Å². The molecule has 3 rings (SSSR count). The summed E-state index contributed by atoms with van der Waals surface area (Å²) in [4.78, 5) is 18.2. The molecule has 0 aliphatic heterocycles. The topological polar surface area (TPSA) is 67.8 Å². The van der Waals surface area contributed by atoms with E-state index in [2.05, 4.69) is 19.9 Å². The van der Waals surface area contributed by atoms with Crippen LogP contribution in [0.15, 0.2) is 0 Å². The van der Waals surface area contributed by atoms with E-state index in [1.54, 1.807) is 18.3 Å². The van der Waals surface area contributed by atoms with Gasteiger partial charge >= 0.3 is 0 Å². The maximum absolute atomic E-state index is 11.9. The van der Waals surface area contributed by atoms with E-state index >= 15 is 0 Å². The molecule has 7 heteroatoms. The molecule has 2 aromatic rings. The predicted octanol–water partition coefficient (Wildman–Crippen LogP) is 2.04. The summed E-state index contributed by atoms with van der Waals surface area (Å²) in [7, 11) is 0. The Morgan fingerprint density at radius 1 is 1.41 bits per heavy atom. The van der Waals surface area contributed by atoms with Crippen molar-refractivity contribution in [1.29, 1.82) is 0 Å². The number of carbonyl (C=O) groups excluding carboxylic acids is 1. The van der Waals surface area contributed by atoms with Gasteiger partial charge in [0.05, 0.1) is 11.4 Å². The molecular weight excluding hydrogens is 256 g/mol. The Morgan fingerprint density at radius 2 is 2.29 bits per heavy atom. The number of hydrogen-bond donors (Lipinski definition) is 1. The van der Waals surface area contributed by atoms with Crippen molar-refractivity contribution >= 4 is 33.9 Å². The summed E-state index contributed by atoms with van der Waals surface area (Å²) in [6.45, 7) is 1.78. The molecule has 5 nitrogen and oxygen atoms in total. The molecule has 0 unspecified atom stereocenters. The minimum Gasteiger partial charge on any atom is -0.297 e. The predicted molar refractivity (Wildman–Crippen MR) is 66.7 cm³/mol. The van der Waals surface area contributed by atoms with Gasteiger partial charge in [-0.25, -0.2) is 4.98 Å². The van der Waals surface area contributed by atoms with Gasteiger partial charge in [-0.15, -0.1) is 16.4 Å². The Kier molecular flexibility index (Phi) is 2.64. The van der Waals surface area contributed by atoms with Crippen molar-refractivity contribution in [2.24, 2.45) is 0 Å². The van der Waals surface area contributed by atoms with E-state index in [0.717, 1.165) is 30.1 Å². The maximum Gasteiger partial charge on any atom is 0.271 e. The summed E-state index contributed by atoms with van der Waals surface area (Å²) in [6, 6.07) is 0. The largest absolute Gasteiger partial charge is 0.297 e. The summed E-state index contributed by atoms with van der Waals surface area (Å²) in [5.41, 5.74) is 1.81. The second-order valence-electron chi connectivity index (χ2n) is 3.88. The highest BCUT2D eigenvalue weighted by Gasteiger charge is 2.19. The Morgan fingerprint density at radius 3 is 3.00 bits per heavy atom. The SMILES string of the molecule is Cc1nnsc1C(=O)Nc1nc2c(s1)CCC2. The average molecular weight is 266 g/mol. The summed E-state index contributed by atoms with van der Waals surface area (Å²) >= 11 is 2.69. The van der Waals surface area contributed by atoms with Crippen molar-refractivity contribution in [2.75, 3.05) is 5.32 Å². The van der Waals surface area contributed by atoms with Crippen molar-refractivity contribution in [3.63, 3.8) is 0 Å². The van der Waals surface area contributed by atoms with Crippen LogP contribution in [0, 0.1) is 6.92 Å². The summed E-state index contributed by atoms with van der Waals surface area (Å²) in [5.74, 6) is -0.162. The van der Waals surface area contributed by atoms with E-state index in [1.807, 2.05) is 0 Å². The highest BCUT2D eigenvalue weighted by atomic mass is 32.1. The lowest BCUT2D eigenvalue weighted by Gasteiger charge is -1.98. The van der Waals surface area contributed by atoms with Crippen molar-refractivity contribution in [3.05, 3.63) is 21.1 Å². The van der Waals surface area contributed by atoms with Gasteiger partial charge in [-0.2, -0.15) is 0 Å². The normalized spacial score (nSPS) is 13.7. The molecule has 0 spiro atoms. The highest BCUT2D eigenvalue weighted by Crippen LogP contribution is 2.30. The van der Waals surface area contributed by atoms with Crippen LogP contribution in [0.3, 0.4) is 0 Å². The van der Waals surface area contributed by atoms with E-state index in [0.29, 0.717) is 15.7 Å². The van der Waals surface area contributed by atoms with Gasteiger partial charge in [-0.1, -0.05) is 4.49 Å². The second-order valence-corrected chi connectivity index (χ2v) is 5.72. The van der Waals surface area contributed by atoms with Crippen LogP contribution < -0.4 is 5.32 Å². The monoisotopic (exact) mass is 266 g/mol. The van der Waals surface area contributed by atoms with Gasteiger partial charge in [-0.05, 0) is 37.7 Å². The fourth-order valence-corrected chi connectivity index (χ4v) is 3.43. The van der Waals surface area contributed by atoms with Gasteiger partial charge in [0.2, 0.25) is 0 Å². The third-order valence-corrected chi connectivity index (χ3v) is 4.57. The molecule has 1 N–H and O–H groups in total. The Hall–Kier alpha value is -1.34. The van der Waals surface area contributed by atoms with Gasteiger partial charge in [0.25, 0.3) is 5.91 Å². The van der Waals surface area contributed by atoms with Crippen molar-refractivity contribution in [2.45, 2.75) is 26.2 Å². The van der Waals surface area contributed by atoms with Crippen LogP contribution in [0.4, 0.5) is 5.13 Å². The lowest BCUT2D eigenvalue weighted by Crippen LogP contribution is -2.11. The third kappa shape index (κ3) is 1.96. The number of hydrogen-bond acceptors (Lipinski definition) is 6. The smallest absolute Gasteiger partial charge is 0.271 e. The Balaban J connectivity index is 1.79. The summed E-state index contributed by atoms with van der Waals surface area (Å²) in [6.07, 6.45) is 3.30. The van der Waals surface area contributed by atoms with Crippen molar-refractivity contribution in [1.82, 2.24) is 14.6 Å². The van der Waals surface area contributed by atoms with E-state index in [9.17, 15) is 4.79 Å². The van der Waals surface area contributed by atoms with Crippen LogP contribution in [-0.4, -0.2) is 20.5 Å². The minimum atomic E-state index is -0.162. The standard InChI is InChI=1S/C10H10N4OS2/c1-5-8(17-14-13-5)9(15)12-10-11-6-3-2-4-7(6)16-10/h2-4H2,1H3,(H,11,12,15). The number of nitrogens with one attached hydrogen (secondary N) is 1. The third-order valence-electron chi connectivity index (χ3n) is 2.67. The first-order valence-electron chi connectivity index (χ1n) is 5.33. The highest BCUT2D eigenvalue weighted by molar-refractivity contribution is 7.16. The van der Waals surface area contributed by atoms with Crippen LogP contribution in [0.1, 0.15) is 32.4 Å². The number of aryl methyl sites for hydroxylation is 3. The molecule has 0 radical (unpaired) electrons. The zero-order valence-electron chi connectivity index (χ0n) is 9.19. The Labute approximate surface area is 106 Å². The van der Waals surface area contributed by atoms with Crippen LogP contribution in [-0.2, 0) is 12.8 Å². The Bertz CT molecular complexity index is 553. The van der Waals surface area contributed by atoms with Crippen LogP contribution in [0.25, 0.3) is 0 Å². The van der Waals surface area contributed by atoms with E-state index in [1.165, 1.54) is 11.3 Å². The molecular formula is C10H10N4OS2. The number of rotatable bonds is 2. The molecule has 0 atom stereocenters. The molecule has 88 valence electrons. The molecule has 0 saturated carbocycles. The number of anilines is 1. The molecule has 1 aliphatic carbocycles. The number of aromatic nitrogens is 3. The number of carbonyl (C=O) groups is 1. The molecule has 2 aromatic heterocycles. The van der Waals surface area contributed by atoms with Gasteiger partial charge in [-0.3, -0.25) is 10.1 Å². The first-order chi connectivity index (χ1) is 8.24. The van der Waals surface area contributed by atoms with Gasteiger partial charge in [0, 0.05) is 4.88 Å². The molecule has 1 aliphatic rings. The fourth-order valence-electron chi connectivity index (χ4n) is 1.84. The van der Waals surface area contributed by atoms with Crippen LogP contribution in [0.2, 0.25) is 0 Å². The maximum atomic E-state index is 11.9. The van der Waals surface area contributed by atoms with Gasteiger partial charge in [0.1, 0.15) is 4.88 Å². The minimum absolute atomic E-state index is 0.162. The lowest BCUT2D eigenvalue weighted by molar-refractivity contribution is 0.103. The lowest BCUT2D eigenvalue weighted by atomic mass is 10.4. The average Bonchev–Trinajstić information content (AvgIpc) is 2.92. The van der Waals surface area contributed by atoms with E-state index in [4.69, 9.17) is 0 Å². The zero-order chi connectivity index (χ0) is 11.8. The van der Waals surface area contributed by atoms with Gasteiger partial charge < -0.3 is 0 Å². The number of thiazole rings is 1. The van der Waals surface area contributed by atoms with Crippen LogP contribution >= 0.6 is 22.9 Å². The number of amides is 1. The molecule has 0 fully saturated rings. The zero-order valence-corrected chi connectivity index (χ0v) is 10.8. The first kappa shape index (κ1) is 10.8. The number of nitrogens with zero attached hydrogens (tertiary/aromatic N) is 3. The fraction of sp³-hybridized carbons (Fsp3) is 0.400.